The molecule has 0 radical (unpaired) electrons. The zero-order valence-electron chi connectivity index (χ0n) is 29.5. The van der Waals surface area contributed by atoms with Crippen LogP contribution in [0, 0.1) is 13.8 Å². The van der Waals surface area contributed by atoms with Gasteiger partial charge in [-0.25, -0.2) is 8.42 Å². The van der Waals surface area contributed by atoms with Crippen molar-refractivity contribution in [2.45, 2.75) is 64.1 Å². The molecule has 5 aromatic carbocycles. The second kappa shape index (κ2) is 17.0. The van der Waals surface area contributed by atoms with Gasteiger partial charge in [-0.05, 0) is 86.8 Å². The zero-order valence-corrected chi connectivity index (χ0v) is 30.3. The van der Waals surface area contributed by atoms with E-state index >= 15 is 0 Å². The number of carbonyl (C=O) groups excluding carboxylic acids is 2. The summed E-state index contributed by atoms with van der Waals surface area (Å²) >= 11 is 0. The van der Waals surface area contributed by atoms with Crippen molar-refractivity contribution in [3.63, 3.8) is 0 Å². The number of nitrogens with zero attached hydrogens (tertiary/aromatic N) is 2. The fourth-order valence-corrected chi connectivity index (χ4v) is 7.09. The van der Waals surface area contributed by atoms with Crippen molar-refractivity contribution in [2.75, 3.05) is 10.8 Å². The van der Waals surface area contributed by atoms with Gasteiger partial charge in [-0.15, -0.1) is 0 Å². The lowest BCUT2D eigenvalue weighted by Crippen LogP contribution is -2.54. The van der Waals surface area contributed by atoms with Gasteiger partial charge in [-0.3, -0.25) is 13.9 Å². The predicted octanol–water partition coefficient (Wildman–Crippen LogP) is 7.85. The first-order chi connectivity index (χ1) is 24.5. The summed E-state index contributed by atoms with van der Waals surface area (Å²) in [5, 5.41) is 3.08. The number of rotatable bonds is 15. The van der Waals surface area contributed by atoms with Crippen molar-refractivity contribution >= 4 is 27.5 Å². The summed E-state index contributed by atoms with van der Waals surface area (Å²) in [4.78, 5) is 30.4. The van der Waals surface area contributed by atoms with E-state index in [-0.39, 0.29) is 35.5 Å². The summed E-state index contributed by atoms with van der Waals surface area (Å²) in [6, 6.07) is 38.6. The maximum absolute atomic E-state index is 14.8. The van der Waals surface area contributed by atoms with Crippen LogP contribution in [-0.2, 0) is 32.6 Å². The van der Waals surface area contributed by atoms with Gasteiger partial charge in [0.1, 0.15) is 24.1 Å². The molecule has 0 fully saturated rings. The molecule has 0 aromatic heterocycles. The largest absolute Gasteiger partial charge is 0.457 e. The van der Waals surface area contributed by atoms with E-state index in [2.05, 4.69) is 5.32 Å². The average Bonchev–Trinajstić information content (AvgIpc) is 3.13. The Morgan fingerprint density at radius 3 is 1.96 bits per heavy atom. The van der Waals surface area contributed by atoms with Crippen molar-refractivity contribution in [1.29, 1.82) is 0 Å². The Bertz CT molecular complexity index is 2000. The predicted molar refractivity (Wildman–Crippen MR) is 202 cm³/mol. The molecule has 0 aliphatic rings. The van der Waals surface area contributed by atoms with Crippen molar-refractivity contribution in [2.24, 2.45) is 0 Å². The summed E-state index contributed by atoms with van der Waals surface area (Å²) in [6.45, 7) is 7.32. The van der Waals surface area contributed by atoms with Crippen LogP contribution in [0.5, 0.6) is 11.5 Å². The maximum Gasteiger partial charge on any atom is 0.264 e. The van der Waals surface area contributed by atoms with Gasteiger partial charge >= 0.3 is 0 Å². The van der Waals surface area contributed by atoms with E-state index in [0.29, 0.717) is 17.9 Å². The van der Waals surface area contributed by atoms with E-state index in [0.717, 1.165) is 26.6 Å². The number of sulfonamides is 1. The van der Waals surface area contributed by atoms with Gasteiger partial charge < -0.3 is 15.0 Å². The number of hydrogen-bond donors (Lipinski definition) is 1. The summed E-state index contributed by atoms with van der Waals surface area (Å²) in [5.74, 6) is 0.327. The van der Waals surface area contributed by atoms with E-state index in [1.165, 1.54) is 17.0 Å². The molecule has 1 N–H and O–H groups in total. The van der Waals surface area contributed by atoms with Crippen LogP contribution >= 0.6 is 0 Å². The van der Waals surface area contributed by atoms with Crippen molar-refractivity contribution < 1.29 is 22.7 Å². The zero-order chi connectivity index (χ0) is 36.4. The molecule has 2 atom stereocenters. The lowest BCUT2D eigenvalue weighted by Gasteiger charge is -2.34. The minimum absolute atomic E-state index is 0.0473. The Morgan fingerprint density at radius 2 is 1.33 bits per heavy atom. The fourth-order valence-electron chi connectivity index (χ4n) is 5.67. The van der Waals surface area contributed by atoms with Crippen LogP contribution in [0.1, 0.15) is 42.5 Å². The monoisotopic (exact) mass is 703 g/mol. The van der Waals surface area contributed by atoms with Crippen LogP contribution in [0.25, 0.3) is 0 Å². The third kappa shape index (κ3) is 9.86. The minimum atomic E-state index is -4.23. The second-order valence-electron chi connectivity index (χ2n) is 12.8. The van der Waals surface area contributed by atoms with Gasteiger partial charge in [0, 0.05) is 19.0 Å². The average molecular weight is 704 g/mol. The molecule has 0 heterocycles. The van der Waals surface area contributed by atoms with Gasteiger partial charge in [-0.2, -0.15) is 0 Å². The SMILES string of the molecule is CC[C@@H](C)NC(=O)[C@H](Cc1ccccc1)N(Cc1cccc(C)c1)C(=O)CN(c1ccc(Oc2ccccc2)cc1)S(=O)(=O)c1ccc(C)cc1. The number of hydrogen-bond acceptors (Lipinski definition) is 5. The Morgan fingerprint density at radius 1 is 0.725 bits per heavy atom. The van der Waals surface area contributed by atoms with E-state index in [1.807, 2.05) is 113 Å². The molecule has 264 valence electrons. The molecule has 0 saturated carbocycles. The Labute approximate surface area is 301 Å². The number of anilines is 1. The van der Waals surface area contributed by atoms with Gasteiger partial charge in [0.25, 0.3) is 10.0 Å². The molecule has 0 aliphatic carbocycles. The highest BCUT2D eigenvalue weighted by Crippen LogP contribution is 2.29. The maximum atomic E-state index is 14.8. The third-order valence-electron chi connectivity index (χ3n) is 8.70. The smallest absolute Gasteiger partial charge is 0.264 e. The van der Waals surface area contributed by atoms with Gasteiger partial charge in [0.2, 0.25) is 11.8 Å². The Hall–Kier alpha value is -5.41. The first-order valence-electron chi connectivity index (χ1n) is 17.1. The van der Waals surface area contributed by atoms with E-state index in [9.17, 15) is 18.0 Å². The van der Waals surface area contributed by atoms with Crippen LogP contribution in [0.4, 0.5) is 5.69 Å². The molecule has 0 spiro atoms. The molecule has 0 unspecified atom stereocenters. The number of aryl methyl sites for hydroxylation is 2. The molecule has 2 amide bonds. The molecule has 5 aromatic rings. The lowest BCUT2D eigenvalue weighted by molar-refractivity contribution is -0.140. The van der Waals surface area contributed by atoms with Crippen LogP contribution in [0.3, 0.4) is 0 Å². The van der Waals surface area contributed by atoms with Gasteiger partial charge in [0.05, 0.1) is 10.6 Å². The summed E-state index contributed by atoms with van der Waals surface area (Å²) in [6.07, 6.45) is 0.957. The highest BCUT2D eigenvalue weighted by molar-refractivity contribution is 7.92. The molecule has 5 rings (SSSR count). The van der Waals surface area contributed by atoms with E-state index in [4.69, 9.17) is 4.74 Å². The molecule has 0 bridgehead atoms. The molecular weight excluding hydrogens is 659 g/mol. The number of nitrogens with one attached hydrogen (secondary N) is 1. The van der Waals surface area contributed by atoms with Gasteiger partial charge in [-0.1, -0.05) is 103 Å². The molecule has 9 heteroatoms. The number of para-hydroxylation sites is 1. The Kier molecular flexibility index (Phi) is 12.3. The summed E-state index contributed by atoms with van der Waals surface area (Å²) in [7, 11) is -4.23. The minimum Gasteiger partial charge on any atom is -0.457 e. The third-order valence-corrected chi connectivity index (χ3v) is 10.5. The number of amides is 2. The number of benzene rings is 5. The standard InChI is InChI=1S/C42H45N3O5S/c1-5-33(4)43-42(47)40(28-34-14-8-6-9-15-34)44(29-35-16-12-13-32(3)27-35)41(46)30-45(51(48,49)39-25-19-31(2)20-26-39)36-21-23-38(24-22-36)50-37-17-10-7-11-18-37/h6-27,33,40H,5,28-30H2,1-4H3,(H,43,47)/t33-,40+/m1/s1. The van der Waals surface area contributed by atoms with Gasteiger partial charge in [0.15, 0.2) is 0 Å². The van der Waals surface area contributed by atoms with Crippen LogP contribution in [0.2, 0.25) is 0 Å². The first-order valence-corrected chi connectivity index (χ1v) is 18.6. The second-order valence-corrected chi connectivity index (χ2v) is 14.6. The number of carbonyl (C=O) groups is 2. The van der Waals surface area contributed by atoms with Crippen molar-refractivity contribution in [1.82, 2.24) is 10.2 Å². The molecule has 51 heavy (non-hydrogen) atoms. The van der Waals surface area contributed by atoms with Crippen LogP contribution in [-0.4, -0.2) is 43.8 Å². The summed E-state index contributed by atoms with van der Waals surface area (Å²) < 4.78 is 35.9. The number of ether oxygens (including phenoxy) is 1. The van der Waals surface area contributed by atoms with E-state index in [1.54, 1.807) is 36.4 Å². The first kappa shape index (κ1) is 36.9. The highest BCUT2D eigenvalue weighted by Gasteiger charge is 2.35. The fraction of sp³-hybridized carbons (Fsp3) is 0.238. The molecule has 0 saturated heterocycles. The normalized spacial score (nSPS) is 12.4. The lowest BCUT2D eigenvalue weighted by atomic mass is 10.0. The molecular formula is C42H45N3O5S. The van der Waals surface area contributed by atoms with Crippen LogP contribution in [0.15, 0.2) is 138 Å². The van der Waals surface area contributed by atoms with E-state index < -0.39 is 28.5 Å². The van der Waals surface area contributed by atoms with Crippen molar-refractivity contribution in [3.8, 4) is 11.5 Å². The Balaban J connectivity index is 1.56. The van der Waals surface area contributed by atoms with Crippen LogP contribution < -0.4 is 14.4 Å². The molecule has 0 aliphatic heterocycles. The quantitative estimate of drug-likeness (QED) is 0.120. The van der Waals surface area contributed by atoms with Crippen molar-refractivity contribution in [3.05, 3.63) is 156 Å². The summed E-state index contributed by atoms with van der Waals surface area (Å²) in [5.41, 5.74) is 3.89. The topological polar surface area (TPSA) is 96.0 Å². The molecule has 8 nitrogen and oxygen atoms in total. The highest BCUT2D eigenvalue weighted by atomic mass is 32.2.